The Hall–Kier alpha value is -1.63. The van der Waals surface area contributed by atoms with Crippen LogP contribution in [0.15, 0.2) is 0 Å². The molecule has 4 rings (SSSR count). The molecule has 3 N–H and O–H groups in total. The van der Waals surface area contributed by atoms with Gasteiger partial charge in [-0.15, -0.1) is 0 Å². The Morgan fingerprint density at radius 3 is 2.48 bits per heavy atom. The Morgan fingerprint density at radius 1 is 1.19 bits per heavy atom. The number of amides is 4. The van der Waals surface area contributed by atoms with E-state index in [9.17, 15) is 14.4 Å². The summed E-state index contributed by atoms with van der Waals surface area (Å²) in [4.78, 5) is 37.7. The van der Waals surface area contributed by atoms with Crippen LogP contribution in [0.1, 0.15) is 32.1 Å². The topological polar surface area (TPSA) is 90.5 Å². The van der Waals surface area contributed by atoms with Crippen molar-refractivity contribution in [1.82, 2.24) is 20.9 Å². The molecule has 2 bridgehead atoms. The molecule has 0 aromatic carbocycles. The zero-order valence-electron chi connectivity index (χ0n) is 11.9. The van der Waals surface area contributed by atoms with Crippen LogP contribution < -0.4 is 16.0 Å². The SMILES string of the molecule is O=C1NC(=O)C2(CCN(C(=O)C3CC4CCC3N4)CC2)N1. The summed E-state index contributed by atoms with van der Waals surface area (Å²) in [6.07, 6.45) is 4.23. The van der Waals surface area contributed by atoms with Gasteiger partial charge in [-0.25, -0.2) is 4.79 Å². The van der Waals surface area contributed by atoms with Gasteiger partial charge in [0.15, 0.2) is 0 Å². The van der Waals surface area contributed by atoms with Crippen LogP contribution in [0.5, 0.6) is 0 Å². The largest absolute Gasteiger partial charge is 0.342 e. The third-order valence-electron chi connectivity index (χ3n) is 5.56. The monoisotopic (exact) mass is 292 g/mol. The summed E-state index contributed by atoms with van der Waals surface area (Å²) in [5.74, 6) is 0.0697. The Bertz CT molecular complexity index is 512. The molecule has 3 unspecified atom stereocenters. The van der Waals surface area contributed by atoms with Crippen molar-refractivity contribution in [3.8, 4) is 0 Å². The number of carbonyl (C=O) groups is 3. The Morgan fingerprint density at radius 2 is 1.95 bits per heavy atom. The summed E-state index contributed by atoms with van der Waals surface area (Å²) >= 11 is 0. The van der Waals surface area contributed by atoms with Crippen LogP contribution in [0.2, 0.25) is 0 Å². The first kappa shape index (κ1) is 13.1. The van der Waals surface area contributed by atoms with Gasteiger partial charge in [-0.2, -0.15) is 0 Å². The maximum atomic E-state index is 12.6. The van der Waals surface area contributed by atoms with Gasteiger partial charge in [-0.05, 0) is 32.1 Å². The molecule has 0 radical (unpaired) electrons. The molecule has 4 aliphatic heterocycles. The van der Waals surface area contributed by atoms with Crippen LogP contribution in [0, 0.1) is 5.92 Å². The zero-order chi connectivity index (χ0) is 14.6. The molecule has 7 heteroatoms. The number of fused-ring (bicyclic) bond motifs is 2. The van der Waals surface area contributed by atoms with Gasteiger partial charge in [0.1, 0.15) is 5.54 Å². The number of urea groups is 1. The third-order valence-corrected chi connectivity index (χ3v) is 5.56. The highest BCUT2D eigenvalue weighted by Crippen LogP contribution is 2.35. The molecule has 4 saturated heterocycles. The van der Waals surface area contributed by atoms with E-state index in [1.54, 1.807) is 0 Å². The molecule has 0 aromatic rings. The first-order valence-electron chi connectivity index (χ1n) is 7.76. The fourth-order valence-electron chi connectivity index (χ4n) is 4.32. The molecular formula is C14H20N4O3. The molecule has 4 fully saturated rings. The highest BCUT2D eigenvalue weighted by molar-refractivity contribution is 6.07. The van der Waals surface area contributed by atoms with Crippen molar-refractivity contribution in [1.29, 1.82) is 0 Å². The molecule has 114 valence electrons. The number of likely N-dealkylation sites (tertiary alicyclic amines) is 1. The molecule has 0 aliphatic carbocycles. The van der Waals surface area contributed by atoms with Crippen molar-refractivity contribution < 1.29 is 14.4 Å². The van der Waals surface area contributed by atoms with E-state index in [4.69, 9.17) is 0 Å². The van der Waals surface area contributed by atoms with E-state index in [2.05, 4.69) is 16.0 Å². The molecule has 4 aliphatic rings. The molecule has 4 heterocycles. The number of piperidine rings is 1. The normalized spacial score (nSPS) is 37.0. The maximum absolute atomic E-state index is 12.6. The second-order valence-corrected chi connectivity index (χ2v) is 6.71. The van der Waals surface area contributed by atoms with E-state index in [1.165, 1.54) is 6.42 Å². The number of nitrogens with zero attached hydrogens (tertiary/aromatic N) is 1. The van der Waals surface area contributed by atoms with Crippen molar-refractivity contribution in [3.05, 3.63) is 0 Å². The van der Waals surface area contributed by atoms with Crippen molar-refractivity contribution >= 4 is 17.8 Å². The predicted molar refractivity (Wildman–Crippen MR) is 73.3 cm³/mol. The van der Waals surface area contributed by atoms with E-state index in [-0.39, 0.29) is 17.7 Å². The predicted octanol–water partition coefficient (Wildman–Crippen LogP) is -0.672. The van der Waals surface area contributed by atoms with E-state index in [0.29, 0.717) is 38.0 Å². The Balaban J connectivity index is 1.40. The van der Waals surface area contributed by atoms with Crippen LogP contribution in [-0.4, -0.2) is 53.5 Å². The number of hydrogen-bond donors (Lipinski definition) is 3. The standard InChI is InChI=1S/C14H20N4O3/c19-11(9-7-8-1-2-10(9)15-8)18-5-3-14(4-6-18)12(20)16-13(21)17-14/h8-10,15H,1-7H2,(H2,16,17,20,21). The van der Waals surface area contributed by atoms with Crippen molar-refractivity contribution in [2.45, 2.75) is 49.7 Å². The van der Waals surface area contributed by atoms with Gasteiger partial charge in [0.2, 0.25) is 5.91 Å². The van der Waals surface area contributed by atoms with Crippen molar-refractivity contribution in [2.24, 2.45) is 5.92 Å². The summed E-state index contributed by atoms with van der Waals surface area (Å²) in [6.45, 7) is 1.08. The zero-order valence-corrected chi connectivity index (χ0v) is 11.9. The Labute approximate surface area is 122 Å². The van der Waals surface area contributed by atoms with Gasteiger partial charge in [0, 0.05) is 25.2 Å². The fraction of sp³-hybridized carbons (Fsp3) is 0.786. The van der Waals surface area contributed by atoms with Gasteiger partial charge in [-0.3, -0.25) is 14.9 Å². The molecule has 21 heavy (non-hydrogen) atoms. The molecule has 0 saturated carbocycles. The lowest BCUT2D eigenvalue weighted by atomic mass is 9.85. The van der Waals surface area contributed by atoms with Crippen LogP contribution in [0.3, 0.4) is 0 Å². The third kappa shape index (κ3) is 1.94. The van der Waals surface area contributed by atoms with Crippen molar-refractivity contribution in [3.63, 3.8) is 0 Å². The smallest absolute Gasteiger partial charge is 0.322 e. The minimum Gasteiger partial charge on any atom is -0.342 e. The van der Waals surface area contributed by atoms with E-state index in [1.807, 2.05) is 4.90 Å². The average Bonchev–Trinajstić information content (AvgIpc) is 3.15. The first-order valence-corrected chi connectivity index (χ1v) is 7.76. The summed E-state index contributed by atoms with van der Waals surface area (Å²) in [6, 6.07) is 0.435. The summed E-state index contributed by atoms with van der Waals surface area (Å²) in [7, 11) is 0. The molecular weight excluding hydrogens is 272 g/mol. The van der Waals surface area contributed by atoms with Crippen LogP contribution in [0.4, 0.5) is 4.79 Å². The van der Waals surface area contributed by atoms with Gasteiger partial charge in [-0.1, -0.05) is 0 Å². The fourth-order valence-corrected chi connectivity index (χ4v) is 4.32. The molecule has 0 aromatic heterocycles. The van der Waals surface area contributed by atoms with E-state index in [0.717, 1.165) is 12.8 Å². The van der Waals surface area contributed by atoms with Crippen molar-refractivity contribution in [2.75, 3.05) is 13.1 Å². The van der Waals surface area contributed by atoms with Gasteiger partial charge in [0.05, 0.1) is 5.92 Å². The number of hydrogen-bond acceptors (Lipinski definition) is 4. The quantitative estimate of drug-likeness (QED) is 0.559. The minimum absolute atomic E-state index is 0.102. The highest BCUT2D eigenvalue weighted by Gasteiger charge is 2.50. The number of rotatable bonds is 1. The van der Waals surface area contributed by atoms with E-state index < -0.39 is 11.6 Å². The molecule has 7 nitrogen and oxygen atoms in total. The number of imide groups is 1. The molecule has 3 atom stereocenters. The van der Waals surface area contributed by atoms with Crippen LogP contribution in [-0.2, 0) is 9.59 Å². The van der Waals surface area contributed by atoms with Gasteiger partial charge < -0.3 is 15.5 Å². The van der Waals surface area contributed by atoms with Crippen LogP contribution >= 0.6 is 0 Å². The lowest BCUT2D eigenvalue weighted by Gasteiger charge is -2.38. The highest BCUT2D eigenvalue weighted by atomic mass is 16.2. The lowest BCUT2D eigenvalue weighted by Crippen LogP contribution is -2.56. The van der Waals surface area contributed by atoms with Crippen LogP contribution in [0.25, 0.3) is 0 Å². The number of nitrogens with one attached hydrogen (secondary N) is 3. The second-order valence-electron chi connectivity index (χ2n) is 6.71. The average molecular weight is 292 g/mol. The van der Waals surface area contributed by atoms with Gasteiger partial charge in [0.25, 0.3) is 5.91 Å². The lowest BCUT2D eigenvalue weighted by molar-refractivity contribution is -0.139. The summed E-state index contributed by atoms with van der Waals surface area (Å²) in [5, 5.41) is 8.51. The molecule has 1 spiro atoms. The minimum atomic E-state index is -0.791. The maximum Gasteiger partial charge on any atom is 0.322 e. The van der Waals surface area contributed by atoms with E-state index >= 15 is 0 Å². The summed E-state index contributed by atoms with van der Waals surface area (Å²) < 4.78 is 0. The molecule has 4 amide bonds. The number of carbonyl (C=O) groups excluding carboxylic acids is 3. The van der Waals surface area contributed by atoms with Gasteiger partial charge >= 0.3 is 6.03 Å². The first-order chi connectivity index (χ1) is 10.1. The second kappa shape index (κ2) is 4.43. The summed E-state index contributed by atoms with van der Waals surface area (Å²) in [5.41, 5.74) is -0.791. The Kier molecular flexibility index (Phi) is 2.76.